The van der Waals surface area contributed by atoms with E-state index < -0.39 is 0 Å². The minimum Gasteiger partial charge on any atom is -0.496 e. The molecule has 0 fully saturated rings. The van der Waals surface area contributed by atoms with Crippen LogP contribution in [0.1, 0.15) is 22.7 Å². The lowest BCUT2D eigenvalue weighted by Gasteiger charge is -2.20. The van der Waals surface area contributed by atoms with E-state index in [2.05, 4.69) is 21.4 Å². The molecule has 0 aliphatic rings. The number of halogens is 2. The van der Waals surface area contributed by atoms with Crippen molar-refractivity contribution < 1.29 is 9.13 Å². The van der Waals surface area contributed by atoms with Gasteiger partial charge in [-0.2, -0.15) is 0 Å². The molecule has 1 atom stereocenters. The third-order valence-electron chi connectivity index (χ3n) is 3.14. The van der Waals surface area contributed by atoms with Gasteiger partial charge in [0.1, 0.15) is 11.6 Å². The minimum atomic E-state index is -0.305. The second-order valence-corrected chi connectivity index (χ2v) is 5.37. The van der Waals surface area contributed by atoms with Crippen LogP contribution in [0.25, 0.3) is 0 Å². The van der Waals surface area contributed by atoms with Crippen LogP contribution in [0.4, 0.5) is 4.39 Å². The molecule has 20 heavy (non-hydrogen) atoms. The van der Waals surface area contributed by atoms with E-state index in [1.54, 1.807) is 19.2 Å². The third kappa shape index (κ3) is 3.00. The van der Waals surface area contributed by atoms with Crippen LogP contribution in [-0.2, 0) is 0 Å². The summed E-state index contributed by atoms with van der Waals surface area (Å²) in [5.41, 5.74) is 5.62. The molecule has 1 unspecified atom stereocenters. The number of hydrogen-bond donors (Lipinski definition) is 2. The van der Waals surface area contributed by atoms with Crippen LogP contribution in [0.3, 0.4) is 0 Å². The van der Waals surface area contributed by atoms with Gasteiger partial charge in [-0.05, 0) is 46.6 Å². The lowest BCUT2D eigenvalue weighted by Crippen LogP contribution is -2.29. The van der Waals surface area contributed by atoms with E-state index in [1.165, 1.54) is 6.07 Å². The number of nitrogens with one attached hydrogen (secondary N) is 1. The molecule has 0 saturated carbocycles. The van der Waals surface area contributed by atoms with Crippen LogP contribution < -0.4 is 16.0 Å². The second kappa shape index (κ2) is 6.35. The van der Waals surface area contributed by atoms with Gasteiger partial charge in [0.25, 0.3) is 0 Å². The van der Waals surface area contributed by atoms with Crippen molar-refractivity contribution in [2.45, 2.75) is 13.0 Å². The summed E-state index contributed by atoms with van der Waals surface area (Å²) in [5, 5.41) is 0. The van der Waals surface area contributed by atoms with Gasteiger partial charge in [-0.25, -0.2) is 9.82 Å². The fourth-order valence-electron chi connectivity index (χ4n) is 2.14. The Morgan fingerprint density at radius 1 is 1.25 bits per heavy atom. The molecular formula is C15H16BrFN2O. The van der Waals surface area contributed by atoms with Gasteiger partial charge in [-0.1, -0.05) is 23.8 Å². The summed E-state index contributed by atoms with van der Waals surface area (Å²) in [6.07, 6.45) is 0. The molecule has 5 heteroatoms. The van der Waals surface area contributed by atoms with Gasteiger partial charge in [0, 0.05) is 5.56 Å². The van der Waals surface area contributed by atoms with Gasteiger partial charge in [-0.3, -0.25) is 5.84 Å². The number of methoxy groups -OCH3 is 1. The van der Waals surface area contributed by atoms with Crippen molar-refractivity contribution in [3.63, 3.8) is 0 Å². The maximum Gasteiger partial charge on any atom is 0.137 e. The minimum absolute atomic E-state index is 0.276. The molecular weight excluding hydrogens is 323 g/mol. The van der Waals surface area contributed by atoms with Crippen molar-refractivity contribution in [2.24, 2.45) is 5.84 Å². The molecule has 2 aromatic carbocycles. The molecule has 3 N–H and O–H groups in total. The fourth-order valence-corrected chi connectivity index (χ4v) is 2.53. The van der Waals surface area contributed by atoms with E-state index in [0.29, 0.717) is 4.47 Å². The average molecular weight is 339 g/mol. The van der Waals surface area contributed by atoms with E-state index in [4.69, 9.17) is 10.6 Å². The predicted molar refractivity (Wildman–Crippen MR) is 81.0 cm³/mol. The highest BCUT2D eigenvalue weighted by Gasteiger charge is 2.18. The third-order valence-corrected chi connectivity index (χ3v) is 3.75. The van der Waals surface area contributed by atoms with Crippen molar-refractivity contribution in [1.29, 1.82) is 0 Å². The Morgan fingerprint density at radius 3 is 2.60 bits per heavy atom. The molecule has 0 amide bonds. The van der Waals surface area contributed by atoms with Gasteiger partial charge in [0.2, 0.25) is 0 Å². The maximum atomic E-state index is 13.4. The van der Waals surface area contributed by atoms with Crippen LogP contribution in [0.5, 0.6) is 5.75 Å². The first-order chi connectivity index (χ1) is 9.56. The Bertz CT molecular complexity index is 619. The van der Waals surface area contributed by atoms with Crippen molar-refractivity contribution in [3.05, 3.63) is 63.4 Å². The maximum absolute atomic E-state index is 13.4. The Balaban J connectivity index is 2.51. The molecule has 0 heterocycles. The zero-order valence-electron chi connectivity index (χ0n) is 11.3. The van der Waals surface area contributed by atoms with Crippen LogP contribution >= 0.6 is 15.9 Å². The molecule has 0 spiro atoms. The number of nitrogens with two attached hydrogens (primary N) is 1. The number of hydrazine groups is 1. The smallest absolute Gasteiger partial charge is 0.137 e. The van der Waals surface area contributed by atoms with Crippen molar-refractivity contribution in [2.75, 3.05) is 7.11 Å². The first kappa shape index (κ1) is 15.0. The van der Waals surface area contributed by atoms with Gasteiger partial charge in [0.15, 0.2) is 0 Å². The van der Waals surface area contributed by atoms with Gasteiger partial charge in [0.05, 0.1) is 17.6 Å². The first-order valence-electron chi connectivity index (χ1n) is 6.12. The normalized spacial score (nSPS) is 12.2. The summed E-state index contributed by atoms with van der Waals surface area (Å²) in [4.78, 5) is 0. The van der Waals surface area contributed by atoms with Gasteiger partial charge >= 0.3 is 0 Å². The van der Waals surface area contributed by atoms with E-state index in [0.717, 1.165) is 22.4 Å². The highest BCUT2D eigenvalue weighted by atomic mass is 79.9. The SMILES string of the molecule is COc1ccc(C)cc1C(NN)c1ccc(F)c(Br)c1. The molecule has 2 rings (SSSR count). The number of aryl methyl sites for hydroxylation is 1. The fraction of sp³-hybridized carbons (Fsp3) is 0.200. The van der Waals surface area contributed by atoms with Crippen LogP contribution in [0.2, 0.25) is 0 Å². The second-order valence-electron chi connectivity index (χ2n) is 4.52. The van der Waals surface area contributed by atoms with Crippen molar-refractivity contribution in [1.82, 2.24) is 5.43 Å². The van der Waals surface area contributed by atoms with E-state index in [9.17, 15) is 4.39 Å². The van der Waals surface area contributed by atoms with E-state index >= 15 is 0 Å². The van der Waals surface area contributed by atoms with Gasteiger partial charge < -0.3 is 4.74 Å². The predicted octanol–water partition coefficient (Wildman–Crippen LogP) is 3.46. The standard InChI is InChI=1S/C15H16BrFN2O/c1-9-3-6-14(20-2)11(7-9)15(19-18)10-4-5-13(17)12(16)8-10/h3-8,15,19H,18H2,1-2H3. The molecule has 0 aromatic heterocycles. The summed E-state index contributed by atoms with van der Waals surface area (Å²) < 4.78 is 19.1. The lowest BCUT2D eigenvalue weighted by atomic mass is 9.97. The van der Waals surface area contributed by atoms with Crippen LogP contribution in [-0.4, -0.2) is 7.11 Å². The summed E-state index contributed by atoms with van der Waals surface area (Å²) in [5.74, 6) is 6.11. The van der Waals surface area contributed by atoms with Crippen molar-refractivity contribution >= 4 is 15.9 Å². The summed E-state index contributed by atoms with van der Waals surface area (Å²) in [6.45, 7) is 2.00. The number of ether oxygens (including phenoxy) is 1. The van der Waals surface area contributed by atoms with E-state index in [-0.39, 0.29) is 11.9 Å². The Labute approximate surface area is 126 Å². The first-order valence-corrected chi connectivity index (χ1v) is 6.91. The number of rotatable bonds is 4. The Kier molecular flexibility index (Phi) is 4.75. The highest BCUT2D eigenvalue weighted by Crippen LogP contribution is 2.32. The topological polar surface area (TPSA) is 47.3 Å². The molecule has 0 saturated heterocycles. The Morgan fingerprint density at radius 2 is 2.00 bits per heavy atom. The summed E-state index contributed by atoms with van der Waals surface area (Å²) >= 11 is 3.19. The quantitative estimate of drug-likeness (QED) is 0.663. The molecule has 0 aliphatic carbocycles. The zero-order valence-corrected chi connectivity index (χ0v) is 12.9. The van der Waals surface area contributed by atoms with Crippen LogP contribution in [0.15, 0.2) is 40.9 Å². The molecule has 2 aromatic rings. The molecule has 106 valence electrons. The monoisotopic (exact) mass is 338 g/mol. The summed E-state index contributed by atoms with van der Waals surface area (Å²) in [6, 6.07) is 10.4. The van der Waals surface area contributed by atoms with Crippen molar-refractivity contribution in [3.8, 4) is 5.75 Å². The van der Waals surface area contributed by atoms with Gasteiger partial charge in [-0.15, -0.1) is 0 Å². The Hall–Kier alpha value is -1.43. The lowest BCUT2D eigenvalue weighted by molar-refractivity contribution is 0.404. The van der Waals surface area contributed by atoms with Crippen LogP contribution in [0, 0.1) is 12.7 Å². The molecule has 3 nitrogen and oxygen atoms in total. The molecule has 0 aliphatic heterocycles. The molecule has 0 radical (unpaired) electrons. The largest absolute Gasteiger partial charge is 0.496 e. The average Bonchev–Trinajstić information content (AvgIpc) is 2.44. The summed E-state index contributed by atoms with van der Waals surface area (Å²) in [7, 11) is 1.61. The zero-order chi connectivity index (χ0) is 14.7. The number of benzene rings is 2. The van der Waals surface area contributed by atoms with E-state index in [1.807, 2.05) is 25.1 Å². The highest BCUT2D eigenvalue weighted by molar-refractivity contribution is 9.10. The molecule has 0 bridgehead atoms. The number of hydrogen-bond acceptors (Lipinski definition) is 3.